The van der Waals surface area contributed by atoms with Gasteiger partial charge in [0.15, 0.2) is 17.5 Å². The first kappa shape index (κ1) is 30.2. The molecule has 1 aliphatic rings. The van der Waals surface area contributed by atoms with Gasteiger partial charge in [0.2, 0.25) is 9.84 Å². The number of aromatic nitrogens is 3. The van der Waals surface area contributed by atoms with E-state index in [4.69, 9.17) is 19.4 Å². The second-order valence-electron chi connectivity index (χ2n) is 12.8. The quantitative estimate of drug-likeness (QED) is 0.179. The van der Waals surface area contributed by atoms with Crippen molar-refractivity contribution < 1.29 is 12.8 Å². The van der Waals surface area contributed by atoms with Crippen LogP contribution in [0.4, 0.5) is 0 Å². The van der Waals surface area contributed by atoms with E-state index < -0.39 is 9.84 Å². The first-order valence-electron chi connectivity index (χ1n) is 16.9. The molecule has 0 spiro atoms. The van der Waals surface area contributed by atoms with Gasteiger partial charge < -0.3 is 4.42 Å². The molecule has 0 aliphatic carbocycles. The Balaban J connectivity index is 1.09. The zero-order chi connectivity index (χ0) is 34.8. The number of rotatable bonds is 5. The number of fused-ring (bicyclic) bond motifs is 6. The largest absolute Gasteiger partial charge is 0.456 e. The number of hydrogen-bond donors (Lipinski definition) is 0. The van der Waals surface area contributed by atoms with Crippen molar-refractivity contribution in [1.82, 2.24) is 15.0 Å². The first-order valence-corrected chi connectivity index (χ1v) is 18.4. The van der Waals surface area contributed by atoms with Gasteiger partial charge in [-0.25, -0.2) is 23.4 Å². The van der Waals surface area contributed by atoms with E-state index in [9.17, 15) is 8.42 Å². The lowest BCUT2D eigenvalue weighted by atomic mass is 9.98. The topological polar surface area (TPSA) is 86.0 Å². The van der Waals surface area contributed by atoms with Crippen molar-refractivity contribution >= 4 is 31.8 Å². The second-order valence-corrected chi connectivity index (χ2v) is 14.7. The summed E-state index contributed by atoms with van der Waals surface area (Å²) in [5.74, 6) is 1.71. The predicted molar refractivity (Wildman–Crippen MR) is 205 cm³/mol. The van der Waals surface area contributed by atoms with E-state index in [-0.39, 0.29) is 0 Å². The highest BCUT2D eigenvalue weighted by molar-refractivity contribution is 7.92. The standard InChI is InChI=1S/C45H27N3O3S/c49-52(50)40-17-8-7-14-34(40)37-26-32(23-25-41(37)52)33-22-24-35-39(27-33)51-38-16-9-15-36(42(35)38)45-47-43(30-12-5-2-6-13-30)46-44(48-45)31-20-18-29(19-21-31)28-10-3-1-4-11-28/h1-27H. The zero-order valence-corrected chi connectivity index (χ0v) is 28.4. The third-order valence-corrected chi connectivity index (χ3v) is 11.6. The van der Waals surface area contributed by atoms with Gasteiger partial charge in [0, 0.05) is 38.6 Å². The van der Waals surface area contributed by atoms with Crippen molar-refractivity contribution in [1.29, 1.82) is 0 Å². The molecule has 0 unspecified atom stereocenters. The van der Waals surface area contributed by atoms with E-state index in [1.807, 2.05) is 103 Å². The molecule has 0 saturated heterocycles. The summed E-state index contributed by atoms with van der Waals surface area (Å²) in [5, 5.41) is 1.84. The molecule has 0 bridgehead atoms. The van der Waals surface area contributed by atoms with Crippen molar-refractivity contribution in [2.45, 2.75) is 9.79 Å². The molecule has 7 aromatic carbocycles. The Labute approximate surface area is 299 Å². The maximum Gasteiger partial charge on any atom is 0.207 e. The Hall–Kier alpha value is -6.70. The van der Waals surface area contributed by atoms with Crippen LogP contribution < -0.4 is 0 Å². The van der Waals surface area contributed by atoms with Gasteiger partial charge in [0.25, 0.3) is 0 Å². The highest BCUT2D eigenvalue weighted by atomic mass is 32.2. The first-order chi connectivity index (χ1) is 25.5. The molecule has 0 saturated carbocycles. The second kappa shape index (κ2) is 11.7. The Morgan fingerprint density at radius 2 is 0.923 bits per heavy atom. The lowest BCUT2D eigenvalue weighted by molar-refractivity contribution is 0.598. The van der Waals surface area contributed by atoms with Crippen LogP contribution in [0, 0.1) is 0 Å². The summed E-state index contributed by atoms with van der Waals surface area (Å²) in [6.07, 6.45) is 0. The maximum absolute atomic E-state index is 13.2. The van der Waals surface area contributed by atoms with Crippen LogP contribution >= 0.6 is 0 Å². The van der Waals surface area contributed by atoms with Crippen LogP contribution in [0.5, 0.6) is 0 Å². The summed E-state index contributed by atoms with van der Waals surface area (Å²) in [7, 11) is -3.54. The van der Waals surface area contributed by atoms with Gasteiger partial charge >= 0.3 is 0 Å². The minimum Gasteiger partial charge on any atom is -0.456 e. The van der Waals surface area contributed by atoms with Gasteiger partial charge in [0.05, 0.1) is 9.79 Å². The number of nitrogens with zero attached hydrogens (tertiary/aromatic N) is 3. The molecule has 0 radical (unpaired) electrons. The summed E-state index contributed by atoms with van der Waals surface area (Å²) >= 11 is 0. The lowest BCUT2D eigenvalue weighted by Crippen LogP contribution is -2.00. The Morgan fingerprint density at radius 3 is 1.69 bits per heavy atom. The molecule has 0 fully saturated rings. The molecule has 0 amide bonds. The van der Waals surface area contributed by atoms with Crippen molar-refractivity contribution in [2.24, 2.45) is 0 Å². The van der Waals surface area contributed by atoms with Crippen LogP contribution in [-0.4, -0.2) is 23.4 Å². The summed E-state index contributed by atoms with van der Waals surface area (Å²) in [5.41, 5.74) is 9.58. The minimum absolute atomic E-state index is 0.339. The van der Waals surface area contributed by atoms with E-state index in [2.05, 4.69) is 42.5 Å². The van der Waals surface area contributed by atoms with Crippen LogP contribution in [0.15, 0.2) is 178 Å². The molecule has 1 aliphatic heterocycles. The normalized spacial score (nSPS) is 12.9. The van der Waals surface area contributed by atoms with Crippen LogP contribution in [-0.2, 0) is 9.84 Å². The highest BCUT2D eigenvalue weighted by Gasteiger charge is 2.32. The average molecular weight is 690 g/mol. The molecule has 0 atom stereocenters. The molecule has 10 rings (SSSR count). The fourth-order valence-corrected chi connectivity index (χ4v) is 8.84. The zero-order valence-electron chi connectivity index (χ0n) is 27.6. The van der Waals surface area contributed by atoms with Crippen LogP contribution in [0.2, 0.25) is 0 Å². The third-order valence-electron chi connectivity index (χ3n) is 9.72. The number of benzene rings is 7. The molecule has 6 nitrogen and oxygen atoms in total. The molecular formula is C45H27N3O3S. The van der Waals surface area contributed by atoms with E-state index >= 15 is 0 Å². The van der Waals surface area contributed by atoms with Gasteiger partial charge in [-0.3, -0.25) is 0 Å². The molecule has 246 valence electrons. The molecule has 0 N–H and O–H groups in total. The Bertz CT molecular complexity index is 2960. The van der Waals surface area contributed by atoms with E-state index in [1.54, 1.807) is 18.2 Å². The summed E-state index contributed by atoms with van der Waals surface area (Å²) in [6, 6.07) is 53.3. The van der Waals surface area contributed by atoms with Crippen LogP contribution in [0.1, 0.15) is 0 Å². The fraction of sp³-hybridized carbons (Fsp3) is 0. The Morgan fingerprint density at radius 1 is 0.385 bits per heavy atom. The average Bonchev–Trinajstić information content (AvgIpc) is 3.70. The maximum atomic E-state index is 13.2. The highest BCUT2D eigenvalue weighted by Crippen LogP contribution is 2.45. The Kier molecular flexibility index (Phi) is 6.78. The minimum atomic E-state index is -3.54. The van der Waals surface area contributed by atoms with E-state index in [1.165, 1.54) is 0 Å². The van der Waals surface area contributed by atoms with Crippen molar-refractivity contribution in [3.8, 4) is 67.5 Å². The summed E-state index contributed by atoms with van der Waals surface area (Å²) < 4.78 is 32.9. The van der Waals surface area contributed by atoms with Crippen molar-refractivity contribution in [3.05, 3.63) is 164 Å². The van der Waals surface area contributed by atoms with Gasteiger partial charge in [-0.1, -0.05) is 127 Å². The predicted octanol–water partition coefficient (Wildman–Crippen LogP) is 10.9. The molecule has 2 aromatic heterocycles. The van der Waals surface area contributed by atoms with Crippen LogP contribution in [0.3, 0.4) is 0 Å². The third kappa shape index (κ3) is 4.86. The summed E-state index contributed by atoms with van der Waals surface area (Å²) in [4.78, 5) is 15.7. The number of furan rings is 1. The van der Waals surface area contributed by atoms with Gasteiger partial charge in [-0.2, -0.15) is 0 Å². The van der Waals surface area contributed by atoms with Crippen molar-refractivity contribution in [3.63, 3.8) is 0 Å². The molecule has 52 heavy (non-hydrogen) atoms. The van der Waals surface area contributed by atoms with Crippen molar-refractivity contribution in [2.75, 3.05) is 0 Å². The molecular weight excluding hydrogens is 663 g/mol. The number of hydrogen-bond acceptors (Lipinski definition) is 6. The van der Waals surface area contributed by atoms with E-state index in [0.717, 1.165) is 60.8 Å². The fourth-order valence-electron chi connectivity index (χ4n) is 7.17. The molecule has 3 heterocycles. The smallest absolute Gasteiger partial charge is 0.207 e. The monoisotopic (exact) mass is 689 g/mol. The van der Waals surface area contributed by atoms with Gasteiger partial charge in [-0.05, 0) is 58.7 Å². The van der Waals surface area contributed by atoms with Crippen LogP contribution in [0.25, 0.3) is 89.5 Å². The SMILES string of the molecule is O=S1(=O)c2ccccc2-c2cc(-c3ccc4c(c3)oc3cccc(-c5nc(-c6ccccc6)nc(-c6ccc(-c7ccccc7)cc6)n5)c34)ccc21. The molecule has 7 heteroatoms. The van der Waals surface area contributed by atoms with Gasteiger partial charge in [-0.15, -0.1) is 0 Å². The van der Waals surface area contributed by atoms with Gasteiger partial charge in [0.1, 0.15) is 11.2 Å². The van der Waals surface area contributed by atoms with E-state index in [0.29, 0.717) is 38.4 Å². The molecule has 9 aromatic rings. The number of sulfone groups is 1. The lowest BCUT2D eigenvalue weighted by Gasteiger charge is -2.10. The summed E-state index contributed by atoms with van der Waals surface area (Å²) in [6.45, 7) is 0.